The molecule has 0 heterocycles. The van der Waals surface area contributed by atoms with E-state index in [0.29, 0.717) is 0 Å². The zero-order chi connectivity index (χ0) is 10.5. The van der Waals surface area contributed by atoms with Crippen LogP contribution in [0.2, 0.25) is 0 Å². The molecule has 0 aliphatic carbocycles. The first-order valence-electron chi connectivity index (χ1n) is 3.67. The van der Waals surface area contributed by atoms with Gasteiger partial charge in [0.05, 0.1) is 0 Å². The third-order valence-electron chi connectivity index (χ3n) is 0.810. The second-order valence-electron chi connectivity index (χ2n) is 3.24. The Balaban J connectivity index is 3.77. The van der Waals surface area contributed by atoms with Crippen LogP contribution >= 0.6 is 0 Å². The summed E-state index contributed by atoms with van der Waals surface area (Å²) in [5.41, 5.74) is 1.18. The first-order chi connectivity index (χ1) is 5.85. The van der Waals surface area contributed by atoms with Gasteiger partial charge in [0.15, 0.2) is 0 Å². The molecular weight excluding hydrogens is 174 g/mol. The molecule has 5 heteroatoms. The highest BCUT2D eigenvalue weighted by Crippen LogP contribution is 2.07. The third kappa shape index (κ3) is 6.86. The van der Waals surface area contributed by atoms with Crippen molar-refractivity contribution in [3.63, 3.8) is 0 Å². The molecule has 0 spiro atoms. The molecule has 74 valence electrons. The van der Waals surface area contributed by atoms with E-state index in [2.05, 4.69) is 11.4 Å². The summed E-state index contributed by atoms with van der Waals surface area (Å²) < 4.78 is 4.72. The molecule has 0 aromatic rings. The van der Waals surface area contributed by atoms with Gasteiger partial charge in [0.2, 0.25) is 0 Å². The molecule has 0 aliphatic rings. The van der Waals surface area contributed by atoms with Crippen molar-refractivity contribution in [3.05, 3.63) is 12.7 Å². The Kier molecular flexibility index (Phi) is 3.97. The zero-order valence-electron chi connectivity index (χ0n) is 7.92. The standard InChI is InChI=1S/C8H13NO4/c1-5-6(10)9-13-7(11)12-8(2,3)4/h5H,1H2,2-4H3,(H,9,10). The Morgan fingerprint density at radius 3 is 2.31 bits per heavy atom. The van der Waals surface area contributed by atoms with Gasteiger partial charge in [-0.3, -0.25) is 4.79 Å². The van der Waals surface area contributed by atoms with Crippen LogP contribution < -0.4 is 5.48 Å². The summed E-state index contributed by atoms with van der Waals surface area (Å²) in [5.74, 6) is -0.606. The van der Waals surface area contributed by atoms with E-state index >= 15 is 0 Å². The fourth-order valence-electron chi connectivity index (χ4n) is 0.404. The van der Waals surface area contributed by atoms with Crippen LogP contribution in [0.5, 0.6) is 0 Å². The van der Waals surface area contributed by atoms with E-state index in [1.54, 1.807) is 20.8 Å². The van der Waals surface area contributed by atoms with Crippen molar-refractivity contribution in [2.24, 2.45) is 0 Å². The van der Waals surface area contributed by atoms with Crippen molar-refractivity contribution >= 4 is 12.1 Å². The fraction of sp³-hybridized carbons (Fsp3) is 0.500. The average Bonchev–Trinajstić information content (AvgIpc) is 1.97. The number of carbonyl (C=O) groups is 2. The molecule has 0 aromatic heterocycles. The number of ether oxygens (including phenoxy) is 1. The molecule has 0 fully saturated rings. The van der Waals surface area contributed by atoms with Crippen LogP contribution in [0.4, 0.5) is 4.79 Å². The number of carbonyl (C=O) groups excluding carboxylic acids is 2. The molecule has 0 aromatic carbocycles. The highest BCUT2D eigenvalue weighted by atomic mass is 16.8. The molecule has 0 saturated carbocycles. The Morgan fingerprint density at radius 1 is 1.38 bits per heavy atom. The van der Waals surface area contributed by atoms with E-state index in [1.807, 2.05) is 5.48 Å². The number of amides is 1. The topological polar surface area (TPSA) is 64.6 Å². The quantitative estimate of drug-likeness (QED) is 0.380. The maximum absolute atomic E-state index is 10.8. The molecule has 0 atom stereocenters. The summed E-state index contributed by atoms with van der Waals surface area (Å²) in [6, 6.07) is 0. The van der Waals surface area contributed by atoms with Crippen LogP contribution in [0.3, 0.4) is 0 Å². The summed E-state index contributed by atoms with van der Waals surface area (Å²) in [4.78, 5) is 25.5. The Bertz CT molecular complexity index is 217. The lowest BCUT2D eigenvalue weighted by atomic mass is 10.2. The highest BCUT2D eigenvalue weighted by molar-refractivity contribution is 5.86. The van der Waals surface area contributed by atoms with Crippen molar-refractivity contribution in [3.8, 4) is 0 Å². The number of hydrogen-bond acceptors (Lipinski definition) is 4. The molecule has 0 aliphatic heterocycles. The number of rotatable bonds is 1. The maximum Gasteiger partial charge on any atom is 0.533 e. The molecule has 0 saturated heterocycles. The highest BCUT2D eigenvalue weighted by Gasteiger charge is 2.17. The van der Waals surface area contributed by atoms with Gasteiger partial charge in [0.1, 0.15) is 5.60 Å². The molecule has 0 rings (SSSR count). The van der Waals surface area contributed by atoms with E-state index in [-0.39, 0.29) is 0 Å². The van der Waals surface area contributed by atoms with E-state index in [0.717, 1.165) is 6.08 Å². The minimum Gasteiger partial charge on any atom is -0.427 e. The Labute approximate surface area is 76.7 Å². The van der Waals surface area contributed by atoms with Crippen molar-refractivity contribution in [1.82, 2.24) is 5.48 Å². The van der Waals surface area contributed by atoms with Crippen LogP contribution in [0.15, 0.2) is 12.7 Å². The molecule has 1 amide bonds. The number of hydrogen-bond donors (Lipinski definition) is 1. The summed E-state index contributed by atoms with van der Waals surface area (Å²) >= 11 is 0. The van der Waals surface area contributed by atoms with Gasteiger partial charge in [-0.2, -0.15) is 5.48 Å². The summed E-state index contributed by atoms with van der Waals surface area (Å²) in [7, 11) is 0. The minimum atomic E-state index is -0.956. The van der Waals surface area contributed by atoms with Crippen molar-refractivity contribution < 1.29 is 19.2 Å². The van der Waals surface area contributed by atoms with E-state index < -0.39 is 17.7 Å². The van der Waals surface area contributed by atoms with Crippen molar-refractivity contribution in [1.29, 1.82) is 0 Å². The number of nitrogens with one attached hydrogen (secondary N) is 1. The fourth-order valence-corrected chi connectivity index (χ4v) is 0.404. The van der Waals surface area contributed by atoms with Crippen molar-refractivity contribution in [2.45, 2.75) is 26.4 Å². The van der Waals surface area contributed by atoms with Gasteiger partial charge in [-0.25, -0.2) is 4.79 Å². The lowest BCUT2D eigenvalue weighted by Crippen LogP contribution is -2.30. The van der Waals surface area contributed by atoms with Crippen molar-refractivity contribution in [2.75, 3.05) is 0 Å². The van der Waals surface area contributed by atoms with Crippen LogP contribution in [0.25, 0.3) is 0 Å². The molecule has 13 heavy (non-hydrogen) atoms. The predicted molar refractivity (Wildman–Crippen MR) is 45.7 cm³/mol. The van der Waals surface area contributed by atoms with E-state index in [9.17, 15) is 9.59 Å². The molecule has 0 radical (unpaired) electrons. The lowest BCUT2D eigenvalue weighted by Gasteiger charge is -2.18. The van der Waals surface area contributed by atoms with E-state index in [1.165, 1.54) is 0 Å². The molecule has 0 unspecified atom stereocenters. The van der Waals surface area contributed by atoms with Crippen LogP contribution in [0.1, 0.15) is 20.8 Å². The Morgan fingerprint density at radius 2 is 1.92 bits per heavy atom. The summed E-state index contributed by atoms with van der Waals surface area (Å²) in [5, 5.41) is 0. The summed E-state index contributed by atoms with van der Waals surface area (Å²) in [6.07, 6.45) is 0.0207. The molecular formula is C8H13NO4. The van der Waals surface area contributed by atoms with Gasteiger partial charge in [0, 0.05) is 0 Å². The van der Waals surface area contributed by atoms with Gasteiger partial charge in [0.25, 0.3) is 5.91 Å². The van der Waals surface area contributed by atoms with Crippen LogP contribution in [-0.4, -0.2) is 17.7 Å². The van der Waals surface area contributed by atoms with Gasteiger partial charge >= 0.3 is 6.16 Å². The van der Waals surface area contributed by atoms with Gasteiger partial charge < -0.3 is 9.57 Å². The molecule has 1 N–H and O–H groups in total. The number of hydroxylamine groups is 1. The SMILES string of the molecule is C=CC(=O)NOC(=O)OC(C)(C)C. The maximum atomic E-state index is 10.8. The average molecular weight is 187 g/mol. The smallest absolute Gasteiger partial charge is 0.427 e. The lowest BCUT2D eigenvalue weighted by molar-refractivity contribution is -0.127. The largest absolute Gasteiger partial charge is 0.533 e. The van der Waals surface area contributed by atoms with Gasteiger partial charge in [-0.15, -0.1) is 0 Å². The molecule has 5 nitrogen and oxygen atoms in total. The van der Waals surface area contributed by atoms with Crippen LogP contribution in [0, 0.1) is 0 Å². The third-order valence-corrected chi connectivity index (χ3v) is 0.810. The Hall–Kier alpha value is -1.52. The van der Waals surface area contributed by atoms with E-state index in [4.69, 9.17) is 4.74 Å². The van der Waals surface area contributed by atoms with Gasteiger partial charge in [-0.05, 0) is 26.8 Å². The second-order valence-corrected chi connectivity index (χ2v) is 3.24. The monoisotopic (exact) mass is 187 g/mol. The molecule has 0 bridgehead atoms. The summed E-state index contributed by atoms with van der Waals surface area (Å²) in [6.45, 7) is 8.22. The first kappa shape index (κ1) is 11.5. The zero-order valence-corrected chi connectivity index (χ0v) is 7.92. The first-order valence-corrected chi connectivity index (χ1v) is 3.67. The van der Waals surface area contributed by atoms with Gasteiger partial charge in [-0.1, -0.05) is 6.58 Å². The second kappa shape index (κ2) is 4.49. The van der Waals surface area contributed by atoms with Crippen LogP contribution in [-0.2, 0) is 14.4 Å². The normalized spacial score (nSPS) is 10.1. The predicted octanol–water partition coefficient (Wildman–Crippen LogP) is 1.16. The minimum absolute atomic E-state index is 0.606.